The number of nitrogens with one attached hydrogen (secondary N) is 1. The van der Waals surface area contributed by atoms with Gasteiger partial charge in [-0.3, -0.25) is 4.79 Å². The number of carbonyl (C=O) groups excluding carboxylic acids is 1. The summed E-state index contributed by atoms with van der Waals surface area (Å²) >= 11 is 0. The van der Waals surface area contributed by atoms with Gasteiger partial charge in [-0.15, -0.1) is 0 Å². The van der Waals surface area contributed by atoms with Crippen molar-refractivity contribution in [2.24, 2.45) is 0 Å². The number of hydrogen-bond donors (Lipinski definition) is 2. The van der Waals surface area contributed by atoms with E-state index in [4.69, 9.17) is 4.42 Å². The molecule has 104 valence electrons. The van der Waals surface area contributed by atoms with Crippen molar-refractivity contribution in [3.63, 3.8) is 0 Å². The first-order valence-electron chi connectivity index (χ1n) is 6.57. The third-order valence-electron chi connectivity index (χ3n) is 3.60. The van der Waals surface area contributed by atoms with Gasteiger partial charge in [-0.2, -0.15) is 0 Å². The molecule has 2 N–H and O–H groups in total. The summed E-state index contributed by atoms with van der Waals surface area (Å²) in [6, 6.07) is 7.33. The molecule has 1 aromatic carbocycles. The molecule has 5 heteroatoms. The van der Waals surface area contributed by atoms with Gasteiger partial charge in [0, 0.05) is 13.3 Å². The Labute approximate surface area is 116 Å². The molecular formula is C15H16N2O3. The highest BCUT2D eigenvalue weighted by Crippen LogP contribution is 2.31. The minimum absolute atomic E-state index is 0.207. The molecule has 0 saturated carbocycles. The quantitative estimate of drug-likeness (QED) is 0.872. The van der Waals surface area contributed by atoms with Gasteiger partial charge >= 0.3 is 0 Å². The third-order valence-corrected chi connectivity index (χ3v) is 3.60. The van der Waals surface area contributed by atoms with Crippen molar-refractivity contribution in [3.05, 3.63) is 52.7 Å². The van der Waals surface area contributed by atoms with Gasteiger partial charge in [0.15, 0.2) is 5.89 Å². The van der Waals surface area contributed by atoms with Crippen LogP contribution in [0.15, 0.2) is 28.7 Å². The second-order valence-electron chi connectivity index (χ2n) is 5.07. The molecule has 2 aromatic rings. The van der Waals surface area contributed by atoms with Crippen molar-refractivity contribution in [2.75, 3.05) is 0 Å². The Morgan fingerprint density at radius 2 is 2.15 bits per heavy atom. The first-order chi connectivity index (χ1) is 9.56. The van der Waals surface area contributed by atoms with Crippen molar-refractivity contribution >= 4 is 5.91 Å². The molecule has 1 aromatic heterocycles. The molecule has 1 amide bonds. The van der Waals surface area contributed by atoms with Crippen LogP contribution >= 0.6 is 0 Å². The van der Waals surface area contributed by atoms with Crippen LogP contribution < -0.4 is 5.32 Å². The number of aryl methyl sites for hydroxylation is 2. The average Bonchev–Trinajstić information content (AvgIpc) is 2.90. The van der Waals surface area contributed by atoms with Gasteiger partial charge in [0.1, 0.15) is 0 Å². The topological polar surface area (TPSA) is 75.4 Å². The molecule has 0 fully saturated rings. The van der Waals surface area contributed by atoms with Gasteiger partial charge in [-0.25, -0.2) is 4.98 Å². The van der Waals surface area contributed by atoms with Crippen LogP contribution in [0.2, 0.25) is 0 Å². The van der Waals surface area contributed by atoms with Crippen molar-refractivity contribution in [3.8, 4) is 0 Å². The Hall–Kier alpha value is -2.14. The van der Waals surface area contributed by atoms with Crippen LogP contribution in [-0.4, -0.2) is 22.1 Å². The molecule has 1 aliphatic rings. The zero-order valence-electron chi connectivity index (χ0n) is 11.4. The summed E-state index contributed by atoms with van der Waals surface area (Å²) in [5.41, 5.74) is 2.58. The van der Waals surface area contributed by atoms with Crippen molar-refractivity contribution < 1.29 is 14.3 Å². The number of fused-ring (bicyclic) bond motifs is 1. The number of hydrogen-bond acceptors (Lipinski definition) is 4. The van der Waals surface area contributed by atoms with Crippen LogP contribution in [0.25, 0.3) is 0 Å². The molecule has 0 saturated heterocycles. The molecule has 3 rings (SSSR count). The first-order valence-corrected chi connectivity index (χ1v) is 6.57. The van der Waals surface area contributed by atoms with Crippen LogP contribution in [0.5, 0.6) is 0 Å². The minimum Gasteiger partial charge on any atom is -0.436 e. The lowest BCUT2D eigenvalue weighted by Crippen LogP contribution is -2.34. The molecule has 2 atom stereocenters. The van der Waals surface area contributed by atoms with Gasteiger partial charge in [-0.05, 0) is 18.1 Å². The van der Waals surface area contributed by atoms with Crippen LogP contribution in [0.3, 0.4) is 0 Å². The van der Waals surface area contributed by atoms with Crippen molar-refractivity contribution in [1.29, 1.82) is 0 Å². The number of carbonyl (C=O) groups is 1. The highest BCUT2D eigenvalue weighted by atomic mass is 16.4. The molecule has 0 radical (unpaired) electrons. The lowest BCUT2D eigenvalue weighted by atomic mass is 10.1. The summed E-state index contributed by atoms with van der Waals surface area (Å²) < 4.78 is 5.30. The molecule has 0 unspecified atom stereocenters. The number of nitrogens with zero attached hydrogens (tertiary/aromatic N) is 1. The maximum atomic E-state index is 12.2. The van der Waals surface area contributed by atoms with E-state index >= 15 is 0 Å². The van der Waals surface area contributed by atoms with Gasteiger partial charge in [-0.1, -0.05) is 24.3 Å². The summed E-state index contributed by atoms with van der Waals surface area (Å²) in [6.45, 7) is 3.42. The van der Waals surface area contributed by atoms with Gasteiger partial charge in [0.05, 0.1) is 17.8 Å². The molecule has 0 aliphatic heterocycles. The Balaban J connectivity index is 1.85. The number of rotatable bonds is 2. The second kappa shape index (κ2) is 4.76. The number of oxazole rings is 1. The molecular weight excluding hydrogens is 256 g/mol. The van der Waals surface area contributed by atoms with E-state index in [0.29, 0.717) is 18.0 Å². The Morgan fingerprint density at radius 1 is 1.40 bits per heavy atom. The third kappa shape index (κ3) is 2.10. The summed E-state index contributed by atoms with van der Waals surface area (Å²) in [4.78, 5) is 16.3. The zero-order chi connectivity index (χ0) is 14.3. The SMILES string of the molecule is Cc1nc(C)c(C(=O)N[C@H]2c3ccccc3C[C@H]2O)o1. The van der Waals surface area contributed by atoms with E-state index in [0.717, 1.165) is 11.1 Å². The smallest absolute Gasteiger partial charge is 0.289 e. The monoisotopic (exact) mass is 272 g/mol. The fraction of sp³-hybridized carbons (Fsp3) is 0.333. The first kappa shape index (κ1) is 12.9. The number of aromatic nitrogens is 1. The molecule has 20 heavy (non-hydrogen) atoms. The van der Waals surface area contributed by atoms with E-state index in [1.807, 2.05) is 24.3 Å². The lowest BCUT2D eigenvalue weighted by molar-refractivity contribution is 0.0829. The van der Waals surface area contributed by atoms with Gasteiger partial charge in [0.25, 0.3) is 5.91 Å². The highest BCUT2D eigenvalue weighted by Gasteiger charge is 2.33. The van der Waals surface area contributed by atoms with Crippen LogP contribution in [0.1, 0.15) is 39.3 Å². The average molecular weight is 272 g/mol. The standard InChI is InChI=1S/C15H16N2O3/c1-8-14(20-9(2)16-8)15(19)17-13-11-6-4-3-5-10(11)7-12(13)18/h3-6,12-13,18H,7H2,1-2H3,(H,17,19)/t12-,13+/m1/s1. The number of aliphatic hydroxyl groups excluding tert-OH is 1. The maximum Gasteiger partial charge on any atom is 0.289 e. The fourth-order valence-electron chi connectivity index (χ4n) is 2.70. The van der Waals surface area contributed by atoms with E-state index in [2.05, 4.69) is 10.3 Å². The number of benzene rings is 1. The summed E-state index contributed by atoms with van der Waals surface area (Å²) in [7, 11) is 0. The normalized spacial score (nSPS) is 20.8. The van der Waals surface area contributed by atoms with Crippen LogP contribution in [0, 0.1) is 13.8 Å². The van der Waals surface area contributed by atoms with Crippen molar-refractivity contribution in [2.45, 2.75) is 32.4 Å². The Morgan fingerprint density at radius 3 is 2.85 bits per heavy atom. The van der Waals surface area contributed by atoms with E-state index < -0.39 is 12.1 Å². The maximum absolute atomic E-state index is 12.2. The predicted molar refractivity (Wildman–Crippen MR) is 72.3 cm³/mol. The van der Waals surface area contributed by atoms with E-state index in [1.165, 1.54) is 0 Å². The number of aliphatic hydroxyl groups is 1. The second-order valence-corrected chi connectivity index (χ2v) is 5.07. The van der Waals surface area contributed by atoms with Gasteiger partial charge < -0.3 is 14.8 Å². The van der Waals surface area contributed by atoms with Crippen LogP contribution in [0.4, 0.5) is 0 Å². The highest BCUT2D eigenvalue weighted by molar-refractivity contribution is 5.92. The predicted octanol–water partition coefficient (Wildman–Crippen LogP) is 1.68. The van der Waals surface area contributed by atoms with E-state index in [1.54, 1.807) is 13.8 Å². The Bertz CT molecular complexity index is 663. The summed E-state index contributed by atoms with van der Waals surface area (Å²) in [6.07, 6.45) is -0.0594. The van der Waals surface area contributed by atoms with Gasteiger partial charge in [0.2, 0.25) is 5.76 Å². The summed E-state index contributed by atoms with van der Waals surface area (Å²) in [5, 5.41) is 13.0. The van der Waals surface area contributed by atoms with E-state index in [-0.39, 0.29) is 11.7 Å². The fourth-order valence-corrected chi connectivity index (χ4v) is 2.70. The largest absolute Gasteiger partial charge is 0.436 e. The molecule has 0 spiro atoms. The van der Waals surface area contributed by atoms with E-state index in [9.17, 15) is 9.90 Å². The lowest BCUT2D eigenvalue weighted by Gasteiger charge is -2.17. The Kier molecular flexibility index (Phi) is 3.06. The molecule has 1 heterocycles. The zero-order valence-corrected chi connectivity index (χ0v) is 11.4. The molecule has 0 bridgehead atoms. The van der Waals surface area contributed by atoms with Crippen LogP contribution in [-0.2, 0) is 6.42 Å². The molecule has 5 nitrogen and oxygen atoms in total. The summed E-state index contributed by atoms with van der Waals surface area (Å²) in [5.74, 6) is 0.322. The minimum atomic E-state index is -0.610. The van der Waals surface area contributed by atoms with Crippen molar-refractivity contribution in [1.82, 2.24) is 10.3 Å². The molecule has 1 aliphatic carbocycles. The number of amides is 1.